The van der Waals surface area contributed by atoms with Gasteiger partial charge in [0, 0.05) is 11.6 Å². The zero-order valence-corrected chi connectivity index (χ0v) is 14.2. The van der Waals surface area contributed by atoms with E-state index in [4.69, 9.17) is 4.74 Å². The predicted octanol–water partition coefficient (Wildman–Crippen LogP) is 3.99. The lowest BCUT2D eigenvalue weighted by atomic mass is 10.1. The van der Waals surface area contributed by atoms with Crippen LogP contribution in [0.3, 0.4) is 0 Å². The first kappa shape index (κ1) is 20.1. The van der Waals surface area contributed by atoms with E-state index in [0.29, 0.717) is 12.5 Å². The SMILES string of the molecule is CCCCCCCC[C@@H](NC(=O)c1cc(F)cc(F)c1)C(=O)OC. The third-order valence-electron chi connectivity index (χ3n) is 3.76. The first-order chi connectivity index (χ1) is 11.5. The summed E-state index contributed by atoms with van der Waals surface area (Å²) in [6.45, 7) is 2.14. The Labute approximate surface area is 141 Å². The monoisotopic (exact) mass is 341 g/mol. The van der Waals surface area contributed by atoms with Gasteiger partial charge in [-0.05, 0) is 18.6 Å². The largest absolute Gasteiger partial charge is 0.467 e. The number of ether oxygens (including phenoxy) is 1. The maximum absolute atomic E-state index is 13.2. The third kappa shape index (κ3) is 7.06. The first-order valence-electron chi connectivity index (χ1n) is 8.32. The summed E-state index contributed by atoms with van der Waals surface area (Å²) in [5, 5.41) is 2.49. The van der Waals surface area contributed by atoms with Crippen LogP contribution in [0.15, 0.2) is 18.2 Å². The molecule has 1 aromatic rings. The van der Waals surface area contributed by atoms with Gasteiger partial charge in [-0.15, -0.1) is 0 Å². The lowest BCUT2D eigenvalue weighted by Crippen LogP contribution is -2.41. The van der Waals surface area contributed by atoms with E-state index in [-0.39, 0.29) is 5.56 Å². The molecule has 1 atom stereocenters. The molecule has 6 heteroatoms. The quantitative estimate of drug-likeness (QED) is 0.517. The molecule has 0 saturated carbocycles. The van der Waals surface area contributed by atoms with Gasteiger partial charge in [0.15, 0.2) is 0 Å². The topological polar surface area (TPSA) is 55.4 Å². The molecule has 0 radical (unpaired) electrons. The molecule has 0 saturated heterocycles. The van der Waals surface area contributed by atoms with Crippen molar-refractivity contribution in [3.63, 3.8) is 0 Å². The van der Waals surface area contributed by atoms with Gasteiger partial charge in [0.2, 0.25) is 0 Å². The van der Waals surface area contributed by atoms with Gasteiger partial charge in [-0.1, -0.05) is 45.4 Å². The first-order valence-corrected chi connectivity index (χ1v) is 8.32. The van der Waals surface area contributed by atoms with E-state index in [1.807, 2.05) is 0 Å². The molecule has 1 rings (SSSR count). The zero-order chi connectivity index (χ0) is 17.9. The molecule has 0 heterocycles. The second-order valence-electron chi connectivity index (χ2n) is 5.76. The van der Waals surface area contributed by atoms with E-state index >= 15 is 0 Å². The number of esters is 1. The summed E-state index contributed by atoms with van der Waals surface area (Å²) in [5.74, 6) is -2.94. The molecule has 0 aliphatic carbocycles. The van der Waals surface area contributed by atoms with Gasteiger partial charge in [-0.25, -0.2) is 13.6 Å². The molecule has 0 aliphatic rings. The highest BCUT2D eigenvalue weighted by Crippen LogP contribution is 2.12. The molecule has 134 valence electrons. The van der Waals surface area contributed by atoms with E-state index in [2.05, 4.69) is 12.2 Å². The maximum atomic E-state index is 13.2. The van der Waals surface area contributed by atoms with Crippen molar-refractivity contribution in [1.29, 1.82) is 0 Å². The van der Waals surface area contributed by atoms with E-state index in [1.165, 1.54) is 13.5 Å². The second-order valence-corrected chi connectivity index (χ2v) is 5.76. The van der Waals surface area contributed by atoms with Crippen molar-refractivity contribution in [3.8, 4) is 0 Å². The number of carbonyl (C=O) groups is 2. The summed E-state index contributed by atoms with van der Waals surface area (Å²) >= 11 is 0. The number of nitrogens with one attached hydrogen (secondary N) is 1. The van der Waals surface area contributed by atoms with E-state index in [1.54, 1.807) is 0 Å². The molecule has 0 bridgehead atoms. The van der Waals surface area contributed by atoms with Gasteiger partial charge in [-0.3, -0.25) is 4.79 Å². The summed E-state index contributed by atoms with van der Waals surface area (Å²) in [5.41, 5.74) is -0.163. The number of amides is 1. The second kappa shape index (κ2) is 10.7. The van der Waals surface area contributed by atoms with Crippen molar-refractivity contribution in [2.45, 2.75) is 57.9 Å². The maximum Gasteiger partial charge on any atom is 0.328 e. The minimum Gasteiger partial charge on any atom is -0.467 e. The molecule has 1 aromatic carbocycles. The van der Waals surface area contributed by atoms with Crippen molar-refractivity contribution in [2.75, 3.05) is 7.11 Å². The fourth-order valence-corrected chi connectivity index (χ4v) is 2.45. The number of hydrogen-bond acceptors (Lipinski definition) is 3. The van der Waals surface area contributed by atoms with Gasteiger partial charge in [0.1, 0.15) is 17.7 Å². The van der Waals surface area contributed by atoms with E-state index in [9.17, 15) is 18.4 Å². The normalized spacial score (nSPS) is 11.8. The number of rotatable bonds is 10. The summed E-state index contributed by atoms with van der Waals surface area (Å²) < 4.78 is 31.1. The number of carbonyl (C=O) groups excluding carboxylic acids is 2. The van der Waals surface area contributed by atoms with Crippen molar-refractivity contribution in [2.24, 2.45) is 0 Å². The number of methoxy groups -OCH3 is 1. The Morgan fingerprint density at radius 2 is 1.62 bits per heavy atom. The predicted molar refractivity (Wildman–Crippen MR) is 87.6 cm³/mol. The average Bonchev–Trinajstić information content (AvgIpc) is 2.55. The van der Waals surface area contributed by atoms with Crippen LogP contribution in [0.4, 0.5) is 8.78 Å². The van der Waals surface area contributed by atoms with Crippen LogP contribution < -0.4 is 5.32 Å². The Morgan fingerprint density at radius 3 is 2.21 bits per heavy atom. The number of unbranched alkanes of at least 4 members (excludes halogenated alkanes) is 5. The van der Waals surface area contributed by atoms with Gasteiger partial charge < -0.3 is 10.1 Å². The number of benzene rings is 1. The van der Waals surface area contributed by atoms with Crippen molar-refractivity contribution < 1.29 is 23.1 Å². The molecular formula is C18H25F2NO3. The van der Waals surface area contributed by atoms with Gasteiger partial charge in [0.05, 0.1) is 7.11 Å². The van der Waals surface area contributed by atoms with E-state index < -0.39 is 29.6 Å². The molecule has 0 spiro atoms. The molecule has 24 heavy (non-hydrogen) atoms. The molecule has 4 nitrogen and oxygen atoms in total. The number of hydrogen-bond donors (Lipinski definition) is 1. The Kier molecular flexibility index (Phi) is 8.97. The highest BCUT2D eigenvalue weighted by Gasteiger charge is 2.22. The third-order valence-corrected chi connectivity index (χ3v) is 3.76. The van der Waals surface area contributed by atoms with Crippen LogP contribution in [0, 0.1) is 11.6 Å². The van der Waals surface area contributed by atoms with Crippen LogP contribution >= 0.6 is 0 Å². The van der Waals surface area contributed by atoms with Crippen LogP contribution in [0.5, 0.6) is 0 Å². The Balaban J connectivity index is 2.58. The lowest BCUT2D eigenvalue weighted by Gasteiger charge is -2.16. The lowest BCUT2D eigenvalue weighted by molar-refractivity contribution is -0.143. The minimum absolute atomic E-state index is 0.163. The summed E-state index contributed by atoms with van der Waals surface area (Å²) in [7, 11) is 1.24. The molecule has 1 N–H and O–H groups in total. The zero-order valence-electron chi connectivity index (χ0n) is 14.2. The average molecular weight is 341 g/mol. The van der Waals surface area contributed by atoms with Crippen molar-refractivity contribution in [1.82, 2.24) is 5.32 Å². The van der Waals surface area contributed by atoms with E-state index in [0.717, 1.165) is 44.2 Å². The summed E-state index contributed by atoms with van der Waals surface area (Å²) in [4.78, 5) is 23.9. The molecular weight excluding hydrogens is 316 g/mol. The molecule has 0 aliphatic heterocycles. The van der Waals surface area contributed by atoms with Crippen molar-refractivity contribution in [3.05, 3.63) is 35.4 Å². The van der Waals surface area contributed by atoms with Crippen LogP contribution in [0.2, 0.25) is 0 Å². The fourth-order valence-electron chi connectivity index (χ4n) is 2.45. The molecule has 1 amide bonds. The van der Waals surface area contributed by atoms with Gasteiger partial charge in [0.25, 0.3) is 5.91 Å². The van der Waals surface area contributed by atoms with Gasteiger partial charge >= 0.3 is 5.97 Å². The highest BCUT2D eigenvalue weighted by molar-refractivity contribution is 5.96. The van der Waals surface area contributed by atoms with Crippen LogP contribution in [-0.2, 0) is 9.53 Å². The highest BCUT2D eigenvalue weighted by atomic mass is 19.1. The van der Waals surface area contributed by atoms with Crippen LogP contribution in [-0.4, -0.2) is 25.0 Å². The minimum atomic E-state index is -0.842. The van der Waals surface area contributed by atoms with Crippen LogP contribution in [0.1, 0.15) is 62.2 Å². The van der Waals surface area contributed by atoms with Crippen LogP contribution in [0.25, 0.3) is 0 Å². The standard InChI is InChI=1S/C18H25F2NO3/c1-3-4-5-6-7-8-9-16(18(23)24-2)21-17(22)13-10-14(19)12-15(20)11-13/h10-12,16H,3-9H2,1-2H3,(H,21,22)/t16-/m1/s1. The Hall–Kier alpha value is -1.98. The Morgan fingerprint density at radius 1 is 1.04 bits per heavy atom. The van der Waals surface area contributed by atoms with Gasteiger partial charge in [-0.2, -0.15) is 0 Å². The molecule has 0 fully saturated rings. The summed E-state index contributed by atoms with van der Waals surface area (Å²) in [6.07, 6.45) is 6.72. The summed E-state index contributed by atoms with van der Waals surface area (Å²) in [6, 6.07) is 1.72. The molecule has 0 unspecified atom stereocenters. The Bertz CT molecular complexity index is 529. The molecule has 0 aromatic heterocycles. The fraction of sp³-hybridized carbons (Fsp3) is 0.556. The van der Waals surface area contributed by atoms with Crippen molar-refractivity contribution >= 4 is 11.9 Å². The number of halogens is 2. The smallest absolute Gasteiger partial charge is 0.328 e.